The Kier molecular flexibility index (Phi) is 4.72. The molecule has 6 heteroatoms. The van der Waals surface area contributed by atoms with E-state index < -0.39 is 0 Å². The second-order valence-electron chi connectivity index (χ2n) is 7.64. The molecular weight excluding hydrogens is 342 g/mol. The van der Waals surface area contributed by atoms with Gasteiger partial charge in [-0.2, -0.15) is 0 Å². The largest absolute Gasteiger partial charge is 0.361 e. The van der Waals surface area contributed by atoms with Gasteiger partial charge in [-0.05, 0) is 43.9 Å². The second kappa shape index (κ2) is 7.18. The zero-order valence-electron chi connectivity index (χ0n) is 15.9. The fourth-order valence-corrected chi connectivity index (χ4v) is 4.29. The highest BCUT2D eigenvalue weighted by atomic mass is 16.5. The Labute approximate surface area is 157 Å². The molecule has 1 aromatic carbocycles. The maximum Gasteiger partial charge on any atom is 0.328 e. The van der Waals surface area contributed by atoms with Crippen LogP contribution in [0.25, 0.3) is 22.0 Å². The average Bonchev–Trinajstić information content (AvgIpc) is 3.01. The number of H-pyrrole nitrogens is 1. The molecule has 0 aliphatic heterocycles. The molecule has 0 radical (unpaired) electrons. The van der Waals surface area contributed by atoms with Crippen molar-refractivity contribution < 1.29 is 4.52 Å². The fourth-order valence-electron chi connectivity index (χ4n) is 4.29. The van der Waals surface area contributed by atoms with Crippen molar-refractivity contribution in [1.29, 1.82) is 0 Å². The number of nitrogens with one attached hydrogen (secondary N) is 1. The number of fused-ring (bicyclic) bond motifs is 1. The van der Waals surface area contributed by atoms with Crippen molar-refractivity contribution >= 4 is 10.9 Å². The summed E-state index contributed by atoms with van der Waals surface area (Å²) in [6, 6.07) is 5.50. The molecule has 0 bridgehead atoms. The summed E-state index contributed by atoms with van der Waals surface area (Å²) in [5, 5.41) is 4.52. The molecule has 0 spiro atoms. The molecule has 1 aliphatic carbocycles. The van der Waals surface area contributed by atoms with E-state index in [2.05, 4.69) is 10.1 Å². The molecule has 6 nitrogen and oxygen atoms in total. The summed E-state index contributed by atoms with van der Waals surface area (Å²) in [4.78, 5) is 28.3. The molecule has 0 atom stereocenters. The zero-order valence-corrected chi connectivity index (χ0v) is 15.9. The topological polar surface area (TPSA) is 80.9 Å². The average molecular weight is 367 g/mol. The van der Waals surface area contributed by atoms with Crippen molar-refractivity contribution in [3.8, 4) is 11.1 Å². The number of aryl methyl sites for hydroxylation is 2. The van der Waals surface area contributed by atoms with Crippen LogP contribution in [0.5, 0.6) is 0 Å². The fraction of sp³-hybridized carbons (Fsp3) is 0.476. The lowest BCUT2D eigenvalue weighted by Gasteiger charge is -2.21. The van der Waals surface area contributed by atoms with Crippen molar-refractivity contribution in [3.05, 3.63) is 50.5 Å². The van der Waals surface area contributed by atoms with Crippen molar-refractivity contribution in [1.82, 2.24) is 14.7 Å². The van der Waals surface area contributed by atoms with Crippen molar-refractivity contribution in [2.45, 2.75) is 58.9 Å². The predicted molar refractivity (Wildman–Crippen MR) is 105 cm³/mol. The Hall–Kier alpha value is -2.63. The summed E-state index contributed by atoms with van der Waals surface area (Å²) in [5.74, 6) is 1.34. The van der Waals surface area contributed by atoms with E-state index in [1.54, 1.807) is 6.07 Å². The molecule has 1 aliphatic rings. The molecule has 4 rings (SSSR count). The van der Waals surface area contributed by atoms with Crippen LogP contribution in [-0.2, 0) is 6.54 Å². The van der Waals surface area contributed by atoms with E-state index in [0.717, 1.165) is 23.2 Å². The van der Waals surface area contributed by atoms with Crippen LogP contribution in [-0.4, -0.2) is 14.7 Å². The van der Waals surface area contributed by atoms with Gasteiger partial charge in [0.05, 0.1) is 16.6 Å². The van der Waals surface area contributed by atoms with Gasteiger partial charge in [-0.3, -0.25) is 9.36 Å². The van der Waals surface area contributed by atoms with Crippen LogP contribution in [0.15, 0.2) is 32.3 Å². The van der Waals surface area contributed by atoms with Crippen LogP contribution < -0.4 is 11.2 Å². The first-order chi connectivity index (χ1) is 13.0. The third kappa shape index (κ3) is 3.36. The van der Waals surface area contributed by atoms with Crippen molar-refractivity contribution in [3.63, 3.8) is 0 Å². The number of rotatable bonds is 4. The lowest BCUT2D eigenvalue weighted by Crippen LogP contribution is -2.35. The van der Waals surface area contributed by atoms with Gasteiger partial charge in [-0.1, -0.05) is 43.3 Å². The van der Waals surface area contributed by atoms with Gasteiger partial charge < -0.3 is 9.51 Å². The Morgan fingerprint density at radius 3 is 2.67 bits per heavy atom. The minimum absolute atomic E-state index is 0.224. The van der Waals surface area contributed by atoms with E-state index in [0.29, 0.717) is 29.1 Å². The molecule has 0 saturated heterocycles. The van der Waals surface area contributed by atoms with Crippen LogP contribution >= 0.6 is 0 Å². The molecule has 0 amide bonds. The minimum Gasteiger partial charge on any atom is -0.361 e. The monoisotopic (exact) mass is 367 g/mol. The van der Waals surface area contributed by atoms with Gasteiger partial charge in [-0.25, -0.2) is 4.79 Å². The minimum atomic E-state index is -0.326. The third-order valence-electron chi connectivity index (χ3n) is 5.79. The van der Waals surface area contributed by atoms with Gasteiger partial charge in [0.25, 0.3) is 5.56 Å². The molecule has 3 aromatic rings. The summed E-state index contributed by atoms with van der Waals surface area (Å²) in [5.41, 5.74) is 2.58. The molecular formula is C21H25N3O3. The number of hydrogen-bond donors (Lipinski definition) is 1. The van der Waals surface area contributed by atoms with E-state index >= 15 is 0 Å². The van der Waals surface area contributed by atoms with E-state index in [9.17, 15) is 9.59 Å². The first-order valence-corrected chi connectivity index (χ1v) is 9.74. The third-order valence-corrected chi connectivity index (χ3v) is 5.79. The van der Waals surface area contributed by atoms with Crippen LogP contribution in [0.4, 0.5) is 0 Å². The second-order valence-corrected chi connectivity index (χ2v) is 7.64. The van der Waals surface area contributed by atoms with Crippen LogP contribution in [0.3, 0.4) is 0 Å². The molecule has 0 unspecified atom stereocenters. The predicted octanol–water partition coefficient (Wildman–Crippen LogP) is 3.93. The van der Waals surface area contributed by atoms with Gasteiger partial charge in [0.1, 0.15) is 5.76 Å². The number of aromatic nitrogens is 3. The Balaban J connectivity index is 1.72. The molecule has 27 heavy (non-hydrogen) atoms. The Morgan fingerprint density at radius 1 is 1.19 bits per heavy atom. The van der Waals surface area contributed by atoms with E-state index in [-0.39, 0.29) is 11.2 Å². The first kappa shape index (κ1) is 17.8. The summed E-state index contributed by atoms with van der Waals surface area (Å²) >= 11 is 0. The zero-order chi connectivity index (χ0) is 19.0. The number of benzene rings is 1. The highest BCUT2D eigenvalue weighted by Gasteiger charge is 2.17. The quantitative estimate of drug-likeness (QED) is 0.757. The maximum atomic E-state index is 13.0. The molecule has 1 saturated carbocycles. The molecule has 142 valence electrons. The Bertz CT molecular complexity index is 1060. The lowest BCUT2D eigenvalue weighted by atomic mass is 9.87. The summed E-state index contributed by atoms with van der Waals surface area (Å²) in [6.45, 7) is 4.21. The molecule has 2 heterocycles. The summed E-state index contributed by atoms with van der Waals surface area (Å²) in [7, 11) is 0. The lowest BCUT2D eigenvalue weighted by molar-refractivity contribution is 0.321. The molecule has 1 fully saturated rings. The van der Waals surface area contributed by atoms with Crippen LogP contribution in [0.1, 0.15) is 50.0 Å². The van der Waals surface area contributed by atoms with E-state index in [1.807, 2.05) is 26.0 Å². The van der Waals surface area contributed by atoms with Gasteiger partial charge >= 0.3 is 5.69 Å². The number of aromatic amines is 1. The first-order valence-electron chi connectivity index (χ1n) is 9.74. The van der Waals surface area contributed by atoms with Crippen LogP contribution in [0, 0.1) is 19.8 Å². The van der Waals surface area contributed by atoms with Crippen molar-refractivity contribution in [2.75, 3.05) is 0 Å². The van der Waals surface area contributed by atoms with Crippen LogP contribution in [0.2, 0.25) is 0 Å². The highest BCUT2D eigenvalue weighted by molar-refractivity contribution is 5.84. The van der Waals surface area contributed by atoms with Gasteiger partial charge in [0.15, 0.2) is 0 Å². The van der Waals surface area contributed by atoms with Gasteiger partial charge in [0.2, 0.25) is 0 Å². The Morgan fingerprint density at radius 2 is 1.96 bits per heavy atom. The van der Waals surface area contributed by atoms with Gasteiger partial charge in [-0.15, -0.1) is 0 Å². The normalized spacial score (nSPS) is 15.5. The van der Waals surface area contributed by atoms with Crippen molar-refractivity contribution in [2.24, 2.45) is 5.92 Å². The SMILES string of the molecule is Cc1noc(C)c1-c1ccc2[nH]c(=O)n(CCC3CCCCC3)c(=O)c2c1. The maximum absolute atomic E-state index is 13.0. The smallest absolute Gasteiger partial charge is 0.328 e. The molecule has 2 aromatic heterocycles. The highest BCUT2D eigenvalue weighted by Crippen LogP contribution is 2.28. The van der Waals surface area contributed by atoms with E-state index in [1.165, 1.54) is 36.7 Å². The summed E-state index contributed by atoms with van der Waals surface area (Å²) in [6.07, 6.45) is 7.12. The number of nitrogens with zero attached hydrogens (tertiary/aromatic N) is 2. The number of hydrogen-bond acceptors (Lipinski definition) is 4. The molecule has 1 N–H and O–H groups in total. The van der Waals surface area contributed by atoms with Gasteiger partial charge in [0, 0.05) is 12.1 Å². The van der Waals surface area contributed by atoms with E-state index in [4.69, 9.17) is 4.52 Å². The summed E-state index contributed by atoms with van der Waals surface area (Å²) < 4.78 is 6.60. The standard InChI is InChI=1S/C21H25N3O3/c1-13-19(14(2)27-23-13)16-8-9-18-17(12-16)20(25)24(21(26)22-18)11-10-15-6-4-3-5-7-15/h8-9,12,15H,3-7,10-11H2,1-2H3,(H,22,26).